The molecule has 0 saturated heterocycles. The van der Waals surface area contributed by atoms with Gasteiger partial charge >= 0.3 is 5.97 Å². The lowest BCUT2D eigenvalue weighted by Gasteiger charge is -2.12. The van der Waals surface area contributed by atoms with E-state index in [9.17, 15) is 9.59 Å². The maximum absolute atomic E-state index is 11.6. The Hall–Kier alpha value is -1.92. The second-order valence-corrected chi connectivity index (χ2v) is 3.64. The molecule has 1 aromatic heterocycles. The van der Waals surface area contributed by atoms with Crippen LogP contribution in [0.25, 0.3) is 0 Å². The van der Waals surface area contributed by atoms with E-state index < -0.39 is 17.9 Å². The standard InChI is InChI=1S/C10H15N3O4/c1-3-4-5-7(10(15)16)12-9(14)8-11-6(2)17-13-8/h7H,3-5H2,1-2H3,(H,12,14)(H,15,16). The molecule has 1 amide bonds. The number of nitrogens with one attached hydrogen (secondary N) is 1. The molecule has 1 atom stereocenters. The number of nitrogens with zero attached hydrogens (tertiary/aromatic N) is 2. The van der Waals surface area contributed by atoms with Crippen LogP contribution in [0.5, 0.6) is 0 Å². The molecule has 0 aliphatic rings. The molecule has 0 spiro atoms. The van der Waals surface area contributed by atoms with Crippen LogP contribution >= 0.6 is 0 Å². The quantitative estimate of drug-likeness (QED) is 0.761. The zero-order valence-corrected chi connectivity index (χ0v) is 9.77. The topological polar surface area (TPSA) is 105 Å². The van der Waals surface area contributed by atoms with E-state index in [4.69, 9.17) is 5.11 Å². The van der Waals surface area contributed by atoms with Gasteiger partial charge in [0.1, 0.15) is 6.04 Å². The molecule has 94 valence electrons. The van der Waals surface area contributed by atoms with Gasteiger partial charge in [-0.2, -0.15) is 4.98 Å². The summed E-state index contributed by atoms with van der Waals surface area (Å²) < 4.78 is 4.64. The van der Waals surface area contributed by atoms with Crippen LogP contribution in [-0.4, -0.2) is 33.2 Å². The smallest absolute Gasteiger partial charge is 0.326 e. The Balaban J connectivity index is 2.60. The number of carboxylic acid groups (broad SMARTS) is 1. The average Bonchev–Trinajstić information content (AvgIpc) is 2.70. The Morgan fingerprint density at radius 1 is 1.53 bits per heavy atom. The van der Waals surface area contributed by atoms with Gasteiger partial charge in [0.2, 0.25) is 5.89 Å². The van der Waals surface area contributed by atoms with Crippen LogP contribution in [0.2, 0.25) is 0 Å². The number of amides is 1. The van der Waals surface area contributed by atoms with Crippen molar-refractivity contribution in [1.82, 2.24) is 15.5 Å². The zero-order valence-electron chi connectivity index (χ0n) is 9.77. The summed E-state index contributed by atoms with van der Waals surface area (Å²) in [5.41, 5.74) is 0. The van der Waals surface area contributed by atoms with Crippen molar-refractivity contribution in [2.24, 2.45) is 0 Å². The maximum atomic E-state index is 11.6. The van der Waals surface area contributed by atoms with Crippen molar-refractivity contribution < 1.29 is 19.2 Å². The van der Waals surface area contributed by atoms with Gasteiger partial charge in [-0.1, -0.05) is 24.9 Å². The van der Waals surface area contributed by atoms with Crippen molar-refractivity contribution >= 4 is 11.9 Å². The van der Waals surface area contributed by atoms with Crippen molar-refractivity contribution in [3.63, 3.8) is 0 Å². The van der Waals surface area contributed by atoms with Crippen LogP contribution < -0.4 is 5.32 Å². The van der Waals surface area contributed by atoms with Crippen LogP contribution in [-0.2, 0) is 4.79 Å². The van der Waals surface area contributed by atoms with Gasteiger partial charge in [0.25, 0.3) is 11.7 Å². The highest BCUT2D eigenvalue weighted by molar-refractivity contribution is 5.93. The molecule has 0 aromatic carbocycles. The fourth-order valence-corrected chi connectivity index (χ4v) is 1.28. The number of rotatable bonds is 6. The number of carbonyl (C=O) groups excluding carboxylic acids is 1. The van der Waals surface area contributed by atoms with Gasteiger partial charge in [-0.25, -0.2) is 4.79 Å². The van der Waals surface area contributed by atoms with E-state index in [1.807, 2.05) is 6.92 Å². The minimum Gasteiger partial charge on any atom is -0.480 e. The Morgan fingerprint density at radius 3 is 2.71 bits per heavy atom. The molecule has 7 heteroatoms. The molecule has 0 fully saturated rings. The fraction of sp³-hybridized carbons (Fsp3) is 0.600. The molecule has 2 N–H and O–H groups in total. The van der Waals surface area contributed by atoms with E-state index in [1.54, 1.807) is 6.92 Å². The molecule has 7 nitrogen and oxygen atoms in total. The lowest BCUT2D eigenvalue weighted by Crippen LogP contribution is -2.41. The minimum atomic E-state index is -1.06. The molecule has 0 aliphatic heterocycles. The number of aromatic nitrogens is 2. The van der Waals surface area contributed by atoms with Crippen LogP contribution in [0.15, 0.2) is 4.52 Å². The van der Waals surface area contributed by atoms with Crippen molar-refractivity contribution in [3.05, 3.63) is 11.7 Å². The van der Waals surface area contributed by atoms with Gasteiger partial charge in [-0.15, -0.1) is 0 Å². The molecule has 0 aliphatic carbocycles. The lowest BCUT2D eigenvalue weighted by atomic mass is 10.1. The van der Waals surface area contributed by atoms with Crippen LogP contribution in [0.3, 0.4) is 0 Å². The third kappa shape index (κ3) is 3.86. The second-order valence-electron chi connectivity index (χ2n) is 3.64. The van der Waals surface area contributed by atoms with E-state index in [-0.39, 0.29) is 11.7 Å². The average molecular weight is 241 g/mol. The number of hydrogen-bond acceptors (Lipinski definition) is 5. The molecule has 1 heterocycles. The minimum absolute atomic E-state index is 0.148. The number of carbonyl (C=O) groups is 2. The molecule has 1 aromatic rings. The van der Waals surface area contributed by atoms with Gasteiger partial charge in [0.15, 0.2) is 0 Å². The lowest BCUT2D eigenvalue weighted by molar-refractivity contribution is -0.139. The van der Waals surface area contributed by atoms with Crippen LogP contribution in [0.1, 0.15) is 42.7 Å². The summed E-state index contributed by atoms with van der Waals surface area (Å²) in [5, 5.41) is 14.7. The molecule has 17 heavy (non-hydrogen) atoms. The van der Waals surface area contributed by atoms with Crippen molar-refractivity contribution in [3.8, 4) is 0 Å². The number of unbranched alkanes of at least 4 members (excludes halogenated alkanes) is 1. The Labute approximate surface area is 98.2 Å². The molecular weight excluding hydrogens is 226 g/mol. The summed E-state index contributed by atoms with van der Waals surface area (Å²) in [6.45, 7) is 3.50. The highest BCUT2D eigenvalue weighted by atomic mass is 16.5. The van der Waals surface area contributed by atoms with Crippen molar-refractivity contribution in [2.45, 2.75) is 39.2 Å². The van der Waals surface area contributed by atoms with E-state index >= 15 is 0 Å². The summed E-state index contributed by atoms with van der Waals surface area (Å²) in [6.07, 6.45) is 1.97. The van der Waals surface area contributed by atoms with E-state index in [1.165, 1.54) is 0 Å². The highest BCUT2D eigenvalue weighted by Gasteiger charge is 2.22. The summed E-state index contributed by atoms with van der Waals surface area (Å²) >= 11 is 0. The van der Waals surface area contributed by atoms with E-state index in [0.29, 0.717) is 6.42 Å². The zero-order chi connectivity index (χ0) is 12.8. The first-order valence-electron chi connectivity index (χ1n) is 5.38. The summed E-state index contributed by atoms with van der Waals surface area (Å²) in [5.74, 6) is -1.58. The van der Waals surface area contributed by atoms with E-state index in [0.717, 1.165) is 12.8 Å². The van der Waals surface area contributed by atoms with Crippen molar-refractivity contribution in [2.75, 3.05) is 0 Å². The first-order chi connectivity index (χ1) is 8.04. The Bertz CT molecular complexity index is 402. The van der Waals surface area contributed by atoms with Gasteiger partial charge in [-0.05, 0) is 6.42 Å². The first-order valence-corrected chi connectivity index (χ1v) is 5.38. The number of aliphatic carboxylic acids is 1. The number of carboxylic acids is 1. The Morgan fingerprint density at radius 2 is 2.24 bits per heavy atom. The fourth-order valence-electron chi connectivity index (χ4n) is 1.28. The molecule has 0 radical (unpaired) electrons. The van der Waals surface area contributed by atoms with E-state index in [2.05, 4.69) is 20.0 Å². The number of aryl methyl sites for hydroxylation is 1. The summed E-state index contributed by atoms with van der Waals surface area (Å²) in [7, 11) is 0. The molecule has 1 unspecified atom stereocenters. The SMILES string of the molecule is CCCCC(NC(=O)c1noc(C)n1)C(=O)O. The van der Waals surface area contributed by atoms with Crippen LogP contribution in [0, 0.1) is 6.92 Å². The third-order valence-corrected chi connectivity index (χ3v) is 2.18. The number of hydrogen-bond donors (Lipinski definition) is 2. The normalized spacial score (nSPS) is 12.1. The maximum Gasteiger partial charge on any atom is 0.326 e. The first kappa shape index (κ1) is 13.1. The molecule has 1 rings (SSSR count). The van der Waals surface area contributed by atoms with Gasteiger partial charge in [0, 0.05) is 6.92 Å². The predicted octanol–water partition coefficient (Wildman–Crippen LogP) is 0.751. The Kier molecular flexibility index (Phi) is 4.62. The summed E-state index contributed by atoms with van der Waals surface area (Å²) in [4.78, 5) is 26.2. The van der Waals surface area contributed by atoms with Gasteiger partial charge in [0.05, 0.1) is 0 Å². The third-order valence-electron chi connectivity index (χ3n) is 2.18. The molecular formula is C10H15N3O4. The summed E-state index contributed by atoms with van der Waals surface area (Å²) in [6, 6.07) is -0.916. The monoisotopic (exact) mass is 241 g/mol. The van der Waals surface area contributed by atoms with Crippen LogP contribution in [0.4, 0.5) is 0 Å². The predicted molar refractivity (Wildman–Crippen MR) is 57.5 cm³/mol. The molecule has 0 bridgehead atoms. The largest absolute Gasteiger partial charge is 0.480 e. The van der Waals surface area contributed by atoms with Crippen molar-refractivity contribution in [1.29, 1.82) is 0 Å². The van der Waals surface area contributed by atoms with Gasteiger partial charge < -0.3 is 14.9 Å². The molecule has 0 saturated carbocycles. The van der Waals surface area contributed by atoms with Gasteiger partial charge in [-0.3, -0.25) is 4.79 Å². The highest BCUT2D eigenvalue weighted by Crippen LogP contribution is 2.02. The second kappa shape index (κ2) is 5.97.